The Morgan fingerprint density at radius 2 is 2.17 bits per heavy atom. The molecule has 1 saturated heterocycles. The first-order valence-electron chi connectivity index (χ1n) is 4.48. The smallest absolute Gasteiger partial charge is 0.303 e. The third-order valence-electron chi connectivity index (χ3n) is 2.47. The highest BCUT2D eigenvalue weighted by atomic mass is 16.5. The van der Waals surface area contributed by atoms with Crippen molar-refractivity contribution in [1.82, 2.24) is 0 Å². The normalized spacial score (nSPS) is 20.1. The van der Waals surface area contributed by atoms with Crippen molar-refractivity contribution in [2.45, 2.75) is 32.6 Å². The van der Waals surface area contributed by atoms with E-state index in [2.05, 4.69) is 6.92 Å². The molecule has 1 aliphatic rings. The average Bonchev–Trinajstić information content (AvgIpc) is 1.94. The predicted molar refractivity (Wildman–Crippen MR) is 45.0 cm³/mol. The fourth-order valence-corrected chi connectivity index (χ4v) is 1.71. The van der Waals surface area contributed by atoms with Gasteiger partial charge in [-0.05, 0) is 12.8 Å². The maximum absolute atomic E-state index is 10.3. The molecule has 0 aromatic rings. The van der Waals surface area contributed by atoms with Crippen molar-refractivity contribution in [3.05, 3.63) is 0 Å². The van der Waals surface area contributed by atoms with Crippen molar-refractivity contribution < 1.29 is 14.6 Å². The molecule has 0 aromatic heterocycles. The molecule has 0 atom stereocenters. The summed E-state index contributed by atoms with van der Waals surface area (Å²) in [6, 6.07) is 0. The maximum atomic E-state index is 10.3. The van der Waals surface area contributed by atoms with Gasteiger partial charge in [0.1, 0.15) is 0 Å². The Hall–Kier alpha value is -0.570. The fourth-order valence-electron chi connectivity index (χ4n) is 1.71. The van der Waals surface area contributed by atoms with Gasteiger partial charge in [0.2, 0.25) is 0 Å². The lowest BCUT2D eigenvalue weighted by atomic mass is 9.77. The Bertz CT molecular complexity index is 161. The molecule has 1 rings (SSSR count). The Labute approximate surface area is 72.7 Å². The van der Waals surface area contributed by atoms with Crippen LogP contribution in [0.25, 0.3) is 0 Å². The third-order valence-corrected chi connectivity index (χ3v) is 2.47. The summed E-state index contributed by atoms with van der Waals surface area (Å²) in [6.45, 7) is 3.64. The van der Waals surface area contributed by atoms with Crippen molar-refractivity contribution in [1.29, 1.82) is 0 Å². The first kappa shape index (κ1) is 9.52. The van der Waals surface area contributed by atoms with Gasteiger partial charge < -0.3 is 9.84 Å². The highest BCUT2D eigenvalue weighted by molar-refractivity contribution is 5.66. The summed E-state index contributed by atoms with van der Waals surface area (Å²) in [4.78, 5) is 10.3. The minimum absolute atomic E-state index is 0.202. The van der Waals surface area contributed by atoms with Gasteiger partial charge in [0.25, 0.3) is 0 Å². The van der Waals surface area contributed by atoms with E-state index in [-0.39, 0.29) is 11.8 Å². The number of carboxylic acids is 1. The van der Waals surface area contributed by atoms with Crippen molar-refractivity contribution in [3.63, 3.8) is 0 Å². The highest BCUT2D eigenvalue weighted by Gasteiger charge is 2.37. The van der Waals surface area contributed by atoms with Gasteiger partial charge in [-0.2, -0.15) is 0 Å². The van der Waals surface area contributed by atoms with Crippen LogP contribution in [0.1, 0.15) is 32.6 Å². The van der Waals surface area contributed by atoms with Crippen LogP contribution < -0.4 is 0 Å². The number of ether oxygens (including phenoxy) is 1. The molecule has 1 heterocycles. The Morgan fingerprint density at radius 1 is 1.50 bits per heavy atom. The average molecular weight is 172 g/mol. The standard InChI is InChI=1S/C9H16O3/c1-2-4-9(6-12-7-9)5-3-8(10)11/h2-7H2,1H3,(H,10,11). The lowest BCUT2D eigenvalue weighted by Gasteiger charge is -2.41. The molecule has 0 aromatic carbocycles. The third kappa shape index (κ3) is 2.21. The lowest BCUT2D eigenvalue weighted by Crippen LogP contribution is -2.42. The van der Waals surface area contributed by atoms with Gasteiger partial charge in [-0.25, -0.2) is 0 Å². The zero-order valence-corrected chi connectivity index (χ0v) is 7.51. The number of hydrogen-bond donors (Lipinski definition) is 1. The van der Waals surface area contributed by atoms with E-state index in [9.17, 15) is 4.79 Å². The maximum Gasteiger partial charge on any atom is 0.303 e. The summed E-state index contributed by atoms with van der Waals surface area (Å²) in [7, 11) is 0. The number of hydrogen-bond acceptors (Lipinski definition) is 2. The molecule has 0 aliphatic carbocycles. The molecule has 3 heteroatoms. The van der Waals surface area contributed by atoms with Crippen LogP contribution in [-0.4, -0.2) is 24.3 Å². The molecule has 0 unspecified atom stereocenters. The van der Waals surface area contributed by atoms with Crippen LogP contribution in [0.15, 0.2) is 0 Å². The second-order valence-electron chi connectivity index (χ2n) is 3.64. The molecule has 70 valence electrons. The van der Waals surface area contributed by atoms with Crippen LogP contribution in [0.5, 0.6) is 0 Å². The zero-order chi connectivity index (χ0) is 9.03. The first-order valence-corrected chi connectivity index (χ1v) is 4.48. The summed E-state index contributed by atoms with van der Waals surface area (Å²) in [5, 5.41) is 8.52. The summed E-state index contributed by atoms with van der Waals surface area (Å²) < 4.78 is 5.13. The summed E-state index contributed by atoms with van der Waals surface area (Å²) >= 11 is 0. The van der Waals surface area contributed by atoms with E-state index in [1.807, 2.05) is 0 Å². The second-order valence-corrected chi connectivity index (χ2v) is 3.64. The highest BCUT2D eigenvalue weighted by Crippen LogP contribution is 2.37. The largest absolute Gasteiger partial charge is 0.481 e. The fraction of sp³-hybridized carbons (Fsp3) is 0.889. The van der Waals surface area contributed by atoms with E-state index in [1.54, 1.807) is 0 Å². The predicted octanol–water partition coefficient (Wildman–Crippen LogP) is 1.67. The molecule has 1 aliphatic heterocycles. The van der Waals surface area contributed by atoms with Gasteiger partial charge in [-0.3, -0.25) is 4.79 Å². The van der Waals surface area contributed by atoms with Crippen LogP contribution in [0.4, 0.5) is 0 Å². The van der Waals surface area contributed by atoms with Gasteiger partial charge in [-0.1, -0.05) is 13.3 Å². The Balaban J connectivity index is 2.29. The molecule has 3 nitrogen and oxygen atoms in total. The second kappa shape index (κ2) is 3.90. The molecule has 12 heavy (non-hydrogen) atoms. The van der Waals surface area contributed by atoms with Crippen LogP contribution >= 0.6 is 0 Å². The van der Waals surface area contributed by atoms with E-state index < -0.39 is 5.97 Å². The van der Waals surface area contributed by atoms with Gasteiger partial charge in [0, 0.05) is 11.8 Å². The topological polar surface area (TPSA) is 46.5 Å². The van der Waals surface area contributed by atoms with Gasteiger partial charge >= 0.3 is 5.97 Å². The Kier molecular flexibility index (Phi) is 3.09. The summed E-state index contributed by atoms with van der Waals surface area (Å²) in [6.07, 6.45) is 3.27. The minimum atomic E-state index is -0.697. The molecule has 0 amide bonds. The quantitative estimate of drug-likeness (QED) is 0.686. The van der Waals surface area contributed by atoms with Crippen LogP contribution in [0.2, 0.25) is 0 Å². The van der Waals surface area contributed by atoms with Crippen LogP contribution in [0.3, 0.4) is 0 Å². The Morgan fingerprint density at radius 3 is 2.50 bits per heavy atom. The number of carbonyl (C=O) groups is 1. The van der Waals surface area contributed by atoms with E-state index in [4.69, 9.17) is 9.84 Å². The van der Waals surface area contributed by atoms with Crippen LogP contribution in [-0.2, 0) is 9.53 Å². The SMILES string of the molecule is CCCC1(CCC(=O)O)COC1. The van der Waals surface area contributed by atoms with Crippen LogP contribution in [0, 0.1) is 5.41 Å². The van der Waals surface area contributed by atoms with Crippen molar-refractivity contribution in [3.8, 4) is 0 Å². The van der Waals surface area contributed by atoms with Crippen molar-refractivity contribution >= 4 is 5.97 Å². The lowest BCUT2D eigenvalue weighted by molar-refractivity contribution is -0.145. The molecule has 1 N–H and O–H groups in total. The molecular formula is C9H16O3. The minimum Gasteiger partial charge on any atom is -0.481 e. The molecular weight excluding hydrogens is 156 g/mol. The zero-order valence-electron chi connectivity index (χ0n) is 7.51. The molecule has 0 radical (unpaired) electrons. The summed E-state index contributed by atoms with van der Waals surface area (Å²) in [5.74, 6) is -0.697. The van der Waals surface area contributed by atoms with E-state index in [0.717, 1.165) is 32.5 Å². The first-order chi connectivity index (χ1) is 5.68. The monoisotopic (exact) mass is 172 g/mol. The summed E-state index contributed by atoms with van der Waals surface area (Å²) in [5.41, 5.74) is 0.202. The van der Waals surface area contributed by atoms with Crippen molar-refractivity contribution in [2.24, 2.45) is 5.41 Å². The van der Waals surface area contributed by atoms with E-state index >= 15 is 0 Å². The molecule has 0 bridgehead atoms. The molecule has 1 fully saturated rings. The van der Waals surface area contributed by atoms with Gasteiger partial charge in [-0.15, -0.1) is 0 Å². The van der Waals surface area contributed by atoms with E-state index in [0.29, 0.717) is 0 Å². The van der Waals surface area contributed by atoms with Crippen molar-refractivity contribution in [2.75, 3.05) is 13.2 Å². The number of carboxylic acid groups (broad SMARTS) is 1. The number of rotatable bonds is 5. The number of aliphatic carboxylic acids is 1. The van der Waals surface area contributed by atoms with E-state index in [1.165, 1.54) is 0 Å². The molecule has 0 spiro atoms. The van der Waals surface area contributed by atoms with Gasteiger partial charge in [0.15, 0.2) is 0 Å². The molecule has 0 saturated carbocycles. The van der Waals surface area contributed by atoms with Gasteiger partial charge in [0.05, 0.1) is 13.2 Å².